The summed E-state index contributed by atoms with van der Waals surface area (Å²) >= 11 is 0. The number of benzene rings is 2. The molecule has 0 unspecified atom stereocenters. The van der Waals surface area contributed by atoms with E-state index in [1.807, 2.05) is 24.3 Å². The molecule has 2 aromatic rings. The summed E-state index contributed by atoms with van der Waals surface area (Å²) < 4.78 is 10.4. The number of fused-ring (bicyclic) bond motifs is 3. The second-order valence-electron chi connectivity index (χ2n) is 4.41. The Labute approximate surface area is 110 Å². The summed E-state index contributed by atoms with van der Waals surface area (Å²) in [5, 5.41) is 0. The molecule has 0 spiro atoms. The maximum atomic E-state index is 11.5. The highest BCUT2D eigenvalue weighted by atomic mass is 16.5. The van der Waals surface area contributed by atoms with Crippen molar-refractivity contribution in [3.63, 3.8) is 0 Å². The molecule has 0 bridgehead atoms. The number of methoxy groups -OCH3 is 1. The van der Waals surface area contributed by atoms with Crippen LogP contribution in [0, 0.1) is 0 Å². The molecular formula is C15H13NO3. The van der Waals surface area contributed by atoms with E-state index in [1.54, 1.807) is 12.1 Å². The van der Waals surface area contributed by atoms with Crippen LogP contribution in [0.25, 0.3) is 11.1 Å². The SMILES string of the molecule is COC(=O)c1ccc2c(c1)COc1cc(N)ccc1-2. The van der Waals surface area contributed by atoms with Gasteiger partial charge >= 0.3 is 5.97 Å². The van der Waals surface area contributed by atoms with E-state index in [4.69, 9.17) is 15.2 Å². The molecule has 0 radical (unpaired) electrons. The third kappa shape index (κ3) is 1.91. The van der Waals surface area contributed by atoms with Gasteiger partial charge in [0.1, 0.15) is 12.4 Å². The number of anilines is 1. The van der Waals surface area contributed by atoms with Crippen LogP contribution in [0.4, 0.5) is 5.69 Å². The maximum Gasteiger partial charge on any atom is 0.337 e. The highest BCUT2D eigenvalue weighted by Gasteiger charge is 2.19. The molecule has 3 rings (SSSR count). The molecule has 4 nitrogen and oxygen atoms in total. The van der Waals surface area contributed by atoms with Gasteiger partial charge in [-0.05, 0) is 35.4 Å². The Bertz CT molecular complexity index is 664. The van der Waals surface area contributed by atoms with Crippen LogP contribution in [-0.2, 0) is 11.3 Å². The molecule has 0 aromatic heterocycles. The monoisotopic (exact) mass is 255 g/mol. The third-order valence-corrected chi connectivity index (χ3v) is 3.21. The van der Waals surface area contributed by atoms with Crippen LogP contribution in [0.5, 0.6) is 5.75 Å². The predicted octanol–water partition coefficient (Wildman–Crippen LogP) is 2.61. The summed E-state index contributed by atoms with van der Waals surface area (Å²) in [7, 11) is 1.37. The van der Waals surface area contributed by atoms with Crippen LogP contribution in [0.1, 0.15) is 15.9 Å². The minimum Gasteiger partial charge on any atom is -0.488 e. The van der Waals surface area contributed by atoms with Crippen molar-refractivity contribution in [1.82, 2.24) is 0 Å². The van der Waals surface area contributed by atoms with Gasteiger partial charge in [0.25, 0.3) is 0 Å². The largest absolute Gasteiger partial charge is 0.488 e. The van der Waals surface area contributed by atoms with Crippen LogP contribution >= 0.6 is 0 Å². The summed E-state index contributed by atoms with van der Waals surface area (Å²) in [6, 6.07) is 11.1. The normalized spacial score (nSPS) is 12.1. The molecule has 19 heavy (non-hydrogen) atoms. The Hall–Kier alpha value is -2.49. The van der Waals surface area contributed by atoms with Crippen molar-refractivity contribution < 1.29 is 14.3 Å². The number of rotatable bonds is 1. The first-order valence-corrected chi connectivity index (χ1v) is 5.93. The molecule has 0 aliphatic carbocycles. The minimum absolute atomic E-state index is 0.342. The number of nitrogen functional groups attached to an aromatic ring is 1. The number of carbonyl (C=O) groups is 1. The van der Waals surface area contributed by atoms with Crippen LogP contribution in [0.15, 0.2) is 36.4 Å². The average Bonchev–Trinajstić information content (AvgIpc) is 2.45. The smallest absolute Gasteiger partial charge is 0.337 e. The van der Waals surface area contributed by atoms with E-state index in [0.29, 0.717) is 17.9 Å². The zero-order chi connectivity index (χ0) is 13.4. The highest BCUT2D eigenvalue weighted by molar-refractivity contribution is 5.91. The van der Waals surface area contributed by atoms with Gasteiger partial charge in [-0.1, -0.05) is 6.07 Å². The van der Waals surface area contributed by atoms with Gasteiger partial charge in [-0.15, -0.1) is 0 Å². The van der Waals surface area contributed by atoms with Gasteiger partial charge in [0.15, 0.2) is 0 Å². The molecule has 0 fully saturated rings. The fourth-order valence-electron chi connectivity index (χ4n) is 2.26. The van der Waals surface area contributed by atoms with Crippen molar-refractivity contribution in [3.8, 4) is 16.9 Å². The Morgan fingerprint density at radius 2 is 2.00 bits per heavy atom. The van der Waals surface area contributed by atoms with E-state index in [-0.39, 0.29) is 5.97 Å². The van der Waals surface area contributed by atoms with Crippen LogP contribution in [0.3, 0.4) is 0 Å². The number of carbonyl (C=O) groups excluding carboxylic acids is 1. The minimum atomic E-state index is -0.342. The molecule has 0 saturated heterocycles. The topological polar surface area (TPSA) is 61.5 Å². The predicted molar refractivity (Wildman–Crippen MR) is 72.0 cm³/mol. The lowest BCUT2D eigenvalue weighted by Gasteiger charge is -2.21. The first-order chi connectivity index (χ1) is 9.19. The molecule has 4 heteroatoms. The molecule has 0 amide bonds. The summed E-state index contributed by atoms with van der Waals surface area (Å²) in [6.07, 6.45) is 0. The number of nitrogens with two attached hydrogens (primary N) is 1. The first-order valence-electron chi connectivity index (χ1n) is 5.93. The fourth-order valence-corrected chi connectivity index (χ4v) is 2.26. The second-order valence-corrected chi connectivity index (χ2v) is 4.41. The summed E-state index contributed by atoms with van der Waals surface area (Å²) in [5.41, 5.74) is 9.98. The molecule has 1 aliphatic rings. The van der Waals surface area contributed by atoms with E-state index in [0.717, 1.165) is 22.4 Å². The third-order valence-electron chi connectivity index (χ3n) is 3.21. The van der Waals surface area contributed by atoms with E-state index < -0.39 is 0 Å². The van der Waals surface area contributed by atoms with Crippen LogP contribution < -0.4 is 10.5 Å². The van der Waals surface area contributed by atoms with E-state index in [2.05, 4.69) is 0 Å². The number of hydrogen-bond donors (Lipinski definition) is 1. The molecule has 1 heterocycles. The van der Waals surface area contributed by atoms with E-state index >= 15 is 0 Å². The Kier molecular flexibility index (Phi) is 2.63. The Morgan fingerprint density at radius 1 is 1.21 bits per heavy atom. The first kappa shape index (κ1) is 11.6. The van der Waals surface area contributed by atoms with Gasteiger partial charge in [0.2, 0.25) is 0 Å². The van der Waals surface area contributed by atoms with Gasteiger partial charge in [-0.2, -0.15) is 0 Å². The van der Waals surface area contributed by atoms with Gasteiger partial charge in [-0.25, -0.2) is 4.79 Å². The zero-order valence-corrected chi connectivity index (χ0v) is 10.5. The summed E-state index contributed by atoms with van der Waals surface area (Å²) in [4.78, 5) is 11.5. The van der Waals surface area contributed by atoms with E-state index in [9.17, 15) is 4.79 Å². The van der Waals surface area contributed by atoms with Crippen molar-refractivity contribution in [2.45, 2.75) is 6.61 Å². The molecule has 96 valence electrons. The number of ether oxygens (including phenoxy) is 2. The number of esters is 1. The Morgan fingerprint density at radius 3 is 2.79 bits per heavy atom. The standard InChI is InChI=1S/C15H13NO3/c1-18-15(17)9-2-4-12-10(6-9)8-19-14-7-11(16)3-5-13(12)14/h2-7H,8,16H2,1H3. The van der Waals surface area contributed by atoms with Gasteiger partial charge in [0.05, 0.1) is 12.7 Å². The van der Waals surface area contributed by atoms with Gasteiger partial charge < -0.3 is 15.2 Å². The summed E-state index contributed by atoms with van der Waals surface area (Å²) in [6.45, 7) is 0.427. The summed E-state index contributed by atoms with van der Waals surface area (Å²) in [5.74, 6) is 0.434. The average molecular weight is 255 g/mol. The van der Waals surface area contributed by atoms with E-state index in [1.165, 1.54) is 7.11 Å². The van der Waals surface area contributed by atoms with Crippen molar-refractivity contribution in [2.24, 2.45) is 0 Å². The second kappa shape index (κ2) is 4.31. The molecule has 2 N–H and O–H groups in total. The molecular weight excluding hydrogens is 242 g/mol. The van der Waals surface area contributed by atoms with Crippen molar-refractivity contribution in [2.75, 3.05) is 12.8 Å². The molecule has 0 saturated carbocycles. The van der Waals surface area contributed by atoms with Gasteiger partial charge in [0, 0.05) is 17.3 Å². The van der Waals surface area contributed by atoms with Crippen LogP contribution in [-0.4, -0.2) is 13.1 Å². The lowest BCUT2D eigenvalue weighted by atomic mass is 9.95. The van der Waals surface area contributed by atoms with Crippen molar-refractivity contribution in [3.05, 3.63) is 47.5 Å². The number of hydrogen-bond acceptors (Lipinski definition) is 4. The maximum absolute atomic E-state index is 11.5. The fraction of sp³-hybridized carbons (Fsp3) is 0.133. The van der Waals surface area contributed by atoms with Crippen LogP contribution in [0.2, 0.25) is 0 Å². The lowest BCUT2D eigenvalue weighted by molar-refractivity contribution is 0.0600. The molecule has 1 aliphatic heterocycles. The lowest BCUT2D eigenvalue weighted by Crippen LogP contribution is -2.08. The van der Waals surface area contributed by atoms with Crippen molar-refractivity contribution >= 4 is 11.7 Å². The van der Waals surface area contributed by atoms with Crippen molar-refractivity contribution in [1.29, 1.82) is 0 Å². The highest BCUT2D eigenvalue weighted by Crippen LogP contribution is 2.38. The quantitative estimate of drug-likeness (QED) is 0.628. The molecule has 2 aromatic carbocycles. The van der Waals surface area contributed by atoms with Gasteiger partial charge in [-0.3, -0.25) is 0 Å². The zero-order valence-electron chi connectivity index (χ0n) is 10.5. The Balaban J connectivity index is 2.10. The molecule has 0 atom stereocenters.